The molecule has 1 aliphatic rings. The Morgan fingerprint density at radius 1 is 1.33 bits per heavy atom. The van der Waals surface area contributed by atoms with Crippen LogP contribution < -0.4 is 10.9 Å². The predicted octanol–water partition coefficient (Wildman–Crippen LogP) is 2.80. The number of aromatic amines is 1. The van der Waals surface area contributed by atoms with Gasteiger partial charge in [-0.25, -0.2) is 0 Å². The summed E-state index contributed by atoms with van der Waals surface area (Å²) in [5.74, 6) is 0.00918. The van der Waals surface area contributed by atoms with Crippen molar-refractivity contribution in [2.24, 2.45) is 0 Å². The number of rotatable bonds is 6. The molecular weight excluding hydrogens is 302 g/mol. The van der Waals surface area contributed by atoms with Crippen LogP contribution in [0.25, 0.3) is 0 Å². The van der Waals surface area contributed by atoms with Crippen LogP contribution in [-0.4, -0.2) is 17.4 Å². The van der Waals surface area contributed by atoms with E-state index in [4.69, 9.17) is 5.26 Å². The minimum absolute atomic E-state index is 0.00918. The molecule has 0 aromatic carbocycles. The molecule has 1 aliphatic carbocycles. The van der Waals surface area contributed by atoms with E-state index in [9.17, 15) is 9.59 Å². The zero-order valence-electron chi connectivity index (χ0n) is 14.5. The van der Waals surface area contributed by atoms with Crippen molar-refractivity contribution in [3.05, 3.63) is 44.4 Å². The van der Waals surface area contributed by atoms with Gasteiger partial charge in [-0.05, 0) is 63.5 Å². The number of hydrogen-bond acceptors (Lipinski definition) is 3. The molecule has 0 aliphatic heterocycles. The summed E-state index contributed by atoms with van der Waals surface area (Å²) in [5.41, 5.74) is 3.53. The summed E-state index contributed by atoms with van der Waals surface area (Å²) in [6.45, 7) is 4.25. The second-order valence-corrected chi connectivity index (χ2v) is 6.38. The van der Waals surface area contributed by atoms with Gasteiger partial charge in [0.25, 0.3) is 5.56 Å². The number of carbonyl (C=O) groups excluding carboxylic acids is 1. The Hall–Kier alpha value is -2.35. The summed E-state index contributed by atoms with van der Waals surface area (Å²) in [4.78, 5) is 26.4. The molecule has 1 aromatic heterocycles. The van der Waals surface area contributed by atoms with Crippen molar-refractivity contribution in [2.45, 2.75) is 58.8 Å². The minimum atomic E-state index is -0.360. The Morgan fingerprint density at radius 3 is 2.79 bits per heavy atom. The largest absolute Gasteiger partial charge is 0.356 e. The van der Waals surface area contributed by atoms with Crippen LogP contribution in [0.2, 0.25) is 0 Å². The summed E-state index contributed by atoms with van der Waals surface area (Å²) in [7, 11) is 0. The number of allylic oxidation sites excluding steroid dienone is 1. The van der Waals surface area contributed by atoms with Gasteiger partial charge in [-0.3, -0.25) is 9.59 Å². The molecular formula is C19H25N3O2. The van der Waals surface area contributed by atoms with E-state index in [1.807, 2.05) is 6.07 Å². The summed E-state index contributed by atoms with van der Waals surface area (Å²) >= 11 is 0. The number of nitrogens with zero attached hydrogens (tertiary/aromatic N) is 1. The lowest BCUT2D eigenvalue weighted by molar-refractivity contribution is -0.121. The fraction of sp³-hybridized carbons (Fsp3) is 0.526. The number of H-pyrrole nitrogens is 1. The van der Waals surface area contributed by atoms with Crippen LogP contribution in [0.3, 0.4) is 0 Å². The van der Waals surface area contributed by atoms with Crippen molar-refractivity contribution in [3.63, 3.8) is 0 Å². The quantitative estimate of drug-likeness (QED) is 0.788. The maximum atomic E-state index is 12.0. The van der Waals surface area contributed by atoms with Crippen LogP contribution in [0, 0.1) is 25.2 Å². The Labute approximate surface area is 142 Å². The van der Waals surface area contributed by atoms with Gasteiger partial charge in [0.15, 0.2) is 0 Å². The molecule has 5 nitrogen and oxygen atoms in total. The van der Waals surface area contributed by atoms with E-state index in [2.05, 4.69) is 16.4 Å². The monoisotopic (exact) mass is 327 g/mol. The Bertz CT molecular complexity index is 738. The average Bonchev–Trinajstić information content (AvgIpc) is 2.55. The van der Waals surface area contributed by atoms with Crippen molar-refractivity contribution in [2.75, 3.05) is 6.54 Å². The van der Waals surface area contributed by atoms with E-state index in [-0.39, 0.29) is 17.0 Å². The van der Waals surface area contributed by atoms with Crippen molar-refractivity contribution in [1.29, 1.82) is 5.26 Å². The van der Waals surface area contributed by atoms with Crippen molar-refractivity contribution >= 4 is 5.91 Å². The third kappa shape index (κ3) is 4.58. The first kappa shape index (κ1) is 18.0. The number of aromatic nitrogens is 1. The van der Waals surface area contributed by atoms with Gasteiger partial charge >= 0.3 is 0 Å². The summed E-state index contributed by atoms with van der Waals surface area (Å²) in [6.07, 6.45) is 8.96. The number of nitriles is 1. The molecule has 128 valence electrons. The predicted molar refractivity (Wildman–Crippen MR) is 93.8 cm³/mol. The topological polar surface area (TPSA) is 85.8 Å². The van der Waals surface area contributed by atoms with Gasteiger partial charge in [-0.2, -0.15) is 5.26 Å². The maximum absolute atomic E-state index is 12.0. The second kappa shape index (κ2) is 8.49. The molecule has 0 atom stereocenters. The summed E-state index contributed by atoms with van der Waals surface area (Å²) < 4.78 is 0. The standard InChI is InChI=1S/C19H25N3O2/c1-13-16(14(2)22-19(24)17(13)12-20)8-9-18(23)21-11-10-15-6-4-3-5-7-15/h6H,3-5,7-11H2,1-2H3,(H,21,23)(H,22,24). The second-order valence-electron chi connectivity index (χ2n) is 6.38. The molecule has 0 saturated carbocycles. The van der Waals surface area contributed by atoms with Crippen LogP contribution in [-0.2, 0) is 11.2 Å². The van der Waals surface area contributed by atoms with Crippen LogP contribution in [0.1, 0.15) is 60.9 Å². The molecule has 1 amide bonds. The first-order valence-corrected chi connectivity index (χ1v) is 8.60. The first-order chi connectivity index (χ1) is 11.5. The van der Waals surface area contributed by atoms with Gasteiger partial charge in [0.2, 0.25) is 5.91 Å². The molecule has 1 heterocycles. The molecule has 24 heavy (non-hydrogen) atoms. The van der Waals surface area contributed by atoms with Crippen molar-refractivity contribution < 1.29 is 4.79 Å². The first-order valence-electron chi connectivity index (χ1n) is 8.60. The molecule has 0 fully saturated rings. The zero-order chi connectivity index (χ0) is 17.5. The third-order valence-electron chi connectivity index (χ3n) is 4.68. The number of aryl methyl sites for hydroxylation is 1. The fourth-order valence-electron chi connectivity index (χ4n) is 3.24. The van der Waals surface area contributed by atoms with Gasteiger partial charge in [-0.15, -0.1) is 0 Å². The molecule has 1 aromatic rings. The van der Waals surface area contributed by atoms with Gasteiger partial charge in [0.1, 0.15) is 11.6 Å². The Morgan fingerprint density at radius 2 is 2.12 bits per heavy atom. The Kier molecular flexibility index (Phi) is 6.36. The van der Waals surface area contributed by atoms with E-state index >= 15 is 0 Å². The van der Waals surface area contributed by atoms with E-state index in [0.29, 0.717) is 24.9 Å². The van der Waals surface area contributed by atoms with Gasteiger partial charge in [0, 0.05) is 18.7 Å². The van der Waals surface area contributed by atoms with Crippen molar-refractivity contribution in [3.8, 4) is 6.07 Å². The van der Waals surface area contributed by atoms with Crippen LogP contribution in [0.15, 0.2) is 16.4 Å². The lowest BCUT2D eigenvalue weighted by atomic mass is 9.97. The molecule has 2 rings (SSSR count). The highest BCUT2D eigenvalue weighted by Crippen LogP contribution is 2.19. The maximum Gasteiger partial charge on any atom is 0.266 e. The molecule has 0 bridgehead atoms. The molecule has 0 unspecified atom stereocenters. The van der Waals surface area contributed by atoms with Gasteiger partial charge in [0.05, 0.1) is 0 Å². The number of hydrogen-bond donors (Lipinski definition) is 2. The van der Waals surface area contributed by atoms with Crippen LogP contribution in [0.5, 0.6) is 0 Å². The average molecular weight is 327 g/mol. The molecule has 0 saturated heterocycles. The van der Waals surface area contributed by atoms with Gasteiger partial charge < -0.3 is 10.3 Å². The minimum Gasteiger partial charge on any atom is -0.356 e. The highest BCUT2D eigenvalue weighted by atomic mass is 16.1. The molecule has 5 heteroatoms. The number of carbonyl (C=O) groups is 1. The number of nitrogens with one attached hydrogen (secondary N) is 2. The Balaban J connectivity index is 1.87. The molecule has 0 spiro atoms. The fourth-order valence-corrected chi connectivity index (χ4v) is 3.24. The highest BCUT2D eigenvalue weighted by Gasteiger charge is 2.13. The highest BCUT2D eigenvalue weighted by molar-refractivity contribution is 5.76. The smallest absolute Gasteiger partial charge is 0.266 e. The van der Waals surface area contributed by atoms with Crippen LogP contribution >= 0.6 is 0 Å². The lowest BCUT2D eigenvalue weighted by Gasteiger charge is -2.13. The van der Waals surface area contributed by atoms with E-state index in [0.717, 1.165) is 30.5 Å². The molecule has 2 N–H and O–H groups in total. The van der Waals surface area contributed by atoms with E-state index in [1.54, 1.807) is 13.8 Å². The van der Waals surface area contributed by atoms with Crippen LogP contribution in [0.4, 0.5) is 0 Å². The van der Waals surface area contributed by atoms with E-state index < -0.39 is 0 Å². The van der Waals surface area contributed by atoms with Crippen molar-refractivity contribution in [1.82, 2.24) is 10.3 Å². The van der Waals surface area contributed by atoms with E-state index in [1.165, 1.54) is 18.4 Å². The zero-order valence-corrected chi connectivity index (χ0v) is 14.5. The third-order valence-corrected chi connectivity index (χ3v) is 4.68. The number of amides is 1. The SMILES string of the molecule is Cc1[nH]c(=O)c(C#N)c(C)c1CCC(=O)NCCC1=CCCCC1. The number of pyridine rings is 1. The summed E-state index contributed by atoms with van der Waals surface area (Å²) in [6, 6.07) is 1.94. The lowest BCUT2D eigenvalue weighted by Crippen LogP contribution is -2.25. The summed E-state index contributed by atoms with van der Waals surface area (Å²) in [5, 5.41) is 12.0. The van der Waals surface area contributed by atoms with Gasteiger partial charge in [-0.1, -0.05) is 11.6 Å². The normalized spacial score (nSPS) is 14.0. The molecule has 0 radical (unpaired) electrons.